The summed E-state index contributed by atoms with van der Waals surface area (Å²) in [6, 6.07) is 1.34. The third kappa shape index (κ3) is 2.14. The maximum absolute atomic E-state index is 10.9. The fourth-order valence-electron chi connectivity index (χ4n) is 1.34. The van der Waals surface area contributed by atoms with Crippen LogP contribution < -0.4 is 9.47 Å². The van der Waals surface area contributed by atoms with E-state index in [1.54, 1.807) is 0 Å². The quantitative estimate of drug-likeness (QED) is 0.839. The molecule has 1 aliphatic rings. The Labute approximate surface area is 101 Å². The van der Waals surface area contributed by atoms with Gasteiger partial charge in [-0.3, -0.25) is 0 Å². The largest absolute Gasteiger partial charge is 0.506 e. The summed E-state index contributed by atoms with van der Waals surface area (Å²) in [4.78, 5) is 0. The highest BCUT2D eigenvalue weighted by molar-refractivity contribution is 8.13. The average molecular weight is 285 g/mol. The molecule has 0 amide bonds. The molecule has 88 valence electrons. The second-order valence-electron chi connectivity index (χ2n) is 3.12. The number of fused-ring (bicyclic) bond motifs is 1. The minimum Gasteiger partial charge on any atom is -0.506 e. The Balaban J connectivity index is 2.52. The molecule has 0 spiro atoms. The Hall–Kier alpha value is -0.850. The SMILES string of the molecule is O=S(=O)(Cl)Cc1cc2c(c(Cl)c1O)OCO2. The van der Waals surface area contributed by atoms with E-state index in [-0.39, 0.29) is 34.6 Å². The molecule has 1 aromatic carbocycles. The summed E-state index contributed by atoms with van der Waals surface area (Å²) in [6.45, 7) is -0.0223. The molecule has 0 unspecified atom stereocenters. The number of rotatable bonds is 2. The maximum atomic E-state index is 10.9. The number of hydrogen-bond donors (Lipinski definition) is 1. The van der Waals surface area contributed by atoms with Gasteiger partial charge in [0.25, 0.3) is 0 Å². The van der Waals surface area contributed by atoms with E-state index in [4.69, 9.17) is 31.8 Å². The van der Waals surface area contributed by atoms with E-state index in [1.165, 1.54) is 6.07 Å². The number of aromatic hydroxyl groups is 1. The smallest absolute Gasteiger partial charge is 0.236 e. The van der Waals surface area contributed by atoms with Gasteiger partial charge in [-0.25, -0.2) is 8.42 Å². The van der Waals surface area contributed by atoms with Crippen molar-refractivity contribution in [3.63, 3.8) is 0 Å². The predicted molar refractivity (Wildman–Crippen MR) is 57.7 cm³/mol. The van der Waals surface area contributed by atoms with Crippen LogP contribution in [0.2, 0.25) is 5.02 Å². The molecule has 8 heteroatoms. The van der Waals surface area contributed by atoms with Gasteiger partial charge in [0.1, 0.15) is 10.8 Å². The van der Waals surface area contributed by atoms with E-state index >= 15 is 0 Å². The lowest BCUT2D eigenvalue weighted by Crippen LogP contribution is -1.96. The molecule has 2 rings (SSSR count). The Kier molecular flexibility index (Phi) is 2.81. The first-order valence-corrected chi connectivity index (χ1v) is 6.96. The molecule has 0 radical (unpaired) electrons. The van der Waals surface area contributed by atoms with Gasteiger partial charge in [-0.05, 0) is 6.07 Å². The van der Waals surface area contributed by atoms with E-state index in [1.807, 2.05) is 0 Å². The number of halogens is 2. The van der Waals surface area contributed by atoms with E-state index in [0.29, 0.717) is 0 Å². The van der Waals surface area contributed by atoms with Crippen molar-refractivity contribution in [2.24, 2.45) is 0 Å². The van der Waals surface area contributed by atoms with Gasteiger partial charge in [0.05, 0.1) is 5.75 Å². The van der Waals surface area contributed by atoms with Gasteiger partial charge in [-0.2, -0.15) is 0 Å². The van der Waals surface area contributed by atoms with Crippen molar-refractivity contribution in [3.8, 4) is 17.2 Å². The first-order chi connectivity index (χ1) is 7.38. The first kappa shape index (κ1) is 11.6. The summed E-state index contributed by atoms with van der Waals surface area (Å²) >= 11 is 5.78. The highest BCUT2D eigenvalue weighted by Gasteiger charge is 2.24. The lowest BCUT2D eigenvalue weighted by molar-refractivity contribution is 0.174. The van der Waals surface area contributed by atoms with E-state index in [0.717, 1.165) is 0 Å². The van der Waals surface area contributed by atoms with E-state index in [2.05, 4.69) is 0 Å². The summed E-state index contributed by atoms with van der Waals surface area (Å²) < 4.78 is 31.8. The Morgan fingerprint density at radius 2 is 2.12 bits per heavy atom. The summed E-state index contributed by atoms with van der Waals surface area (Å²) in [5.74, 6) is -0.403. The van der Waals surface area contributed by atoms with Crippen molar-refractivity contribution in [1.29, 1.82) is 0 Å². The van der Waals surface area contributed by atoms with Gasteiger partial charge >= 0.3 is 0 Å². The normalized spacial score (nSPS) is 14.1. The fourth-order valence-corrected chi connectivity index (χ4v) is 2.55. The van der Waals surface area contributed by atoms with Crippen molar-refractivity contribution in [3.05, 3.63) is 16.7 Å². The van der Waals surface area contributed by atoms with Gasteiger partial charge in [0.15, 0.2) is 11.5 Å². The van der Waals surface area contributed by atoms with Crippen LogP contribution >= 0.6 is 22.3 Å². The third-order valence-electron chi connectivity index (χ3n) is 1.99. The second-order valence-corrected chi connectivity index (χ2v) is 6.27. The minimum atomic E-state index is -3.78. The van der Waals surface area contributed by atoms with Crippen LogP contribution in [0.15, 0.2) is 6.07 Å². The number of phenolic OH excluding ortho intramolecular Hbond substituents is 1. The molecule has 1 aromatic rings. The van der Waals surface area contributed by atoms with Crippen LogP contribution in [0.5, 0.6) is 17.2 Å². The van der Waals surface area contributed by atoms with Crippen molar-refractivity contribution in [2.45, 2.75) is 5.75 Å². The van der Waals surface area contributed by atoms with Crippen molar-refractivity contribution < 1.29 is 23.0 Å². The number of hydrogen-bond acceptors (Lipinski definition) is 5. The Morgan fingerprint density at radius 3 is 2.75 bits per heavy atom. The topological polar surface area (TPSA) is 72.8 Å². The Bertz CT molecular complexity index is 540. The minimum absolute atomic E-state index is 0.0223. The third-order valence-corrected chi connectivity index (χ3v) is 3.32. The molecule has 0 aliphatic carbocycles. The van der Waals surface area contributed by atoms with Gasteiger partial charge in [0, 0.05) is 16.2 Å². The van der Waals surface area contributed by atoms with Crippen molar-refractivity contribution in [2.75, 3.05) is 6.79 Å². The molecule has 1 aliphatic heterocycles. The highest BCUT2D eigenvalue weighted by Crippen LogP contribution is 2.46. The molecule has 0 saturated carbocycles. The molecule has 16 heavy (non-hydrogen) atoms. The van der Waals surface area contributed by atoms with Crippen LogP contribution in [0, 0.1) is 0 Å². The van der Waals surface area contributed by atoms with Crippen LogP contribution in [-0.2, 0) is 14.8 Å². The van der Waals surface area contributed by atoms with Gasteiger partial charge < -0.3 is 14.6 Å². The second kappa shape index (κ2) is 3.87. The lowest BCUT2D eigenvalue weighted by Gasteiger charge is -2.07. The number of ether oxygens (including phenoxy) is 2. The molecular formula is C8H6Cl2O5S. The monoisotopic (exact) mass is 284 g/mol. The molecule has 0 fully saturated rings. The standard InChI is InChI=1S/C8H6Cl2O5S/c9-6-7(11)4(2-16(10,12)13)1-5-8(6)15-3-14-5/h1,11H,2-3H2. The Morgan fingerprint density at radius 1 is 1.44 bits per heavy atom. The van der Waals surface area contributed by atoms with Crippen LogP contribution in [0.25, 0.3) is 0 Å². The maximum Gasteiger partial charge on any atom is 0.236 e. The van der Waals surface area contributed by atoms with E-state index in [9.17, 15) is 13.5 Å². The number of phenols is 1. The molecule has 5 nitrogen and oxygen atoms in total. The van der Waals surface area contributed by atoms with Crippen molar-refractivity contribution >= 4 is 31.3 Å². The summed E-state index contributed by atoms with van der Waals surface area (Å²) in [5, 5.41) is 9.56. The zero-order valence-corrected chi connectivity index (χ0v) is 10.1. The highest BCUT2D eigenvalue weighted by atomic mass is 35.7. The predicted octanol–water partition coefficient (Wildman–Crippen LogP) is 1.84. The van der Waals surface area contributed by atoms with E-state index < -0.39 is 14.8 Å². The summed E-state index contributed by atoms with van der Waals surface area (Å²) in [6.07, 6.45) is 0. The van der Waals surface area contributed by atoms with Gasteiger partial charge in [-0.15, -0.1) is 0 Å². The molecule has 0 saturated heterocycles. The van der Waals surface area contributed by atoms with Gasteiger partial charge in [0.2, 0.25) is 15.8 Å². The van der Waals surface area contributed by atoms with Crippen LogP contribution in [0.4, 0.5) is 0 Å². The molecular weight excluding hydrogens is 279 g/mol. The molecule has 0 atom stereocenters. The average Bonchev–Trinajstić information content (AvgIpc) is 2.59. The molecule has 0 aromatic heterocycles. The molecule has 1 heterocycles. The van der Waals surface area contributed by atoms with Crippen molar-refractivity contribution in [1.82, 2.24) is 0 Å². The fraction of sp³-hybridized carbons (Fsp3) is 0.250. The van der Waals surface area contributed by atoms with Gasteiger partial charge in [-0.1, -0.05) is 11.6 Å². The lowest BCUT2D eigenvalue weighted by atomic mass is 10.2. The first-order valence-electron chi connectivity index (χ1n) is 4.11. The zero-order valence-electron chi connectivity index (χ0n) is 7.74. The molecule has 0 bridgehead atoms. The molecule has 1 N–H and O–H groups in total. The summed E-state index contributed by atoms with van der Waals surface area (Å²) in [5.41, 5.74) is 0.0734. The van der Waals surface area contributed by atoms with Crippen LogP contribution in [-0.4, -0.2) is 20.3 Å². The number of benzene rings is 1. The zero-order chi connectivity index (χ0) is 11.9. The van der Waals surface area contributed by atoms with Crippen LogP contribution in [0.1, 0.15) is 5.56 Å². The summed E-state index contributed by atoms with van der Waals surface area (Å²) in [7, 11) is 1.31. The van der Waals surface area contributed by atoms with Crippen LogP contribution in [0.3, 0.4) is 0 Å².